The first-order chi connectivity index (χ1) is 9.06. The van der Waals surface area contributed by atoms with Gasteiger partial charge in [0, 0.05) is 17.8 Å². The van der Waals surface area contributed by atoms with Crippen molar-refractivity contribution in [3.05, 3.63) is 40.8 Å². The average Bonchev–Trinajstić information content (AvgIpc) is 2.80. The maximum absolute atomic E-state index is 6.31. The molecule has 0 bridgehead atoms. The number of methoxy groups -OCH3 is 1. The van der Waals surface area contributed by atoms with Crippen LogP contribution < -0.4 is 10.5 Å². The van der Waals surface area contributed by atoms with E-state index in [4.69, 9.17) is 22.1 Å². The highest BCUT2D eigenvalue weighted by atomic mass is 35.5. The summed E-state index contributed by atoms with van der Waals surface area (Å²) in [5.74, 6) is 0.502. The van der Waals surface area contributed by atoms with E-state index >= 15 is 0 Å². The molecule has 0 saturated heterocycles. The first kappa shape index (κ1) is 13.8. The number of nitrogens with two attached hydrogens (primary N) is 1. The Morgan fingerprint density at radius 1 is 1.42 bits per heavy atom. The minimum absolute atomic E-state index is 0.177. The van der Waals surface area contributed by atoms with Crippen LogP contribution in [-0.4, -0.2) is 21.9 Å². The van der Waals surface area contributed by atoms with E-state index in [1.807, 2.05) is 30.7 Å². The summed E-state index contributed by atoms with van der Waals surface area (Å²) >= 11 is 6.20. The third-order valence-electron chi connectivity index (χ3n) is 2.90. The van der Waals surface area contributed by atoms with Gasteiger partial charge in [-0.3, -0.25) is 4.68 Å². The first-order valence-corrected chi connectivity index (χ1v) is 6.41. The molecule has 0 aliphatic carbocycles. The van der Waals surface area contributed by atoms with E-state index in [1.54, 1.807) is 19.5 Å². The second kappa shape index (κ2) is 5.59. The average molecular weight is 281 g/mol. The molecule has 2 rings (SSSR count). The maximum Gasteiger partial charge on any atom is 0.218 e. The summed E-state index contributed by atoms with van der Waals surface area (Å²) in [5, 5.41) is 4.81. The van der Waals surface area contributed by atoms with Crippen molar-refractivity contribution in [1.29, 1.82) is 0 Å². The van der Waals surface area contributed by atoms with Gasteiger partial charge in [0.2, 0.25) is 5.88 Å². The van der Waals surface area contributed by atoms with E-state index < -0.39 is 6.04 Å². The third kappa shape index (κ3) is 2.57. The highest BCUT2D eigenvalue weighted by Crippen LogP contribution is 2.31. The zero-order valence-corrected chi connectivity index (χ0v) is 11.9. The highest BCUT2D eigenvalue weighted by molar-refractivity contribution is 6.31. The summed E-state index contributed by atoms with van der Waals surface area (Å²) in [5.41, 5.74) is 7.86. The molecule has 0 saturated carbocycles. The summed E-state index contributed by atoms with van der Waals surface area (Å²) < 4.78 is 7.06. The van der Waals surface area contributed by atoms with Crippen LogP contribution in [0.4, 0.5) is 0 Å². The fourth-order valence-corrected chi connectivity index (χ4v) is 2.26. The van der Waals surface area contributed by atoms with Crippen LogP contribution in [0.3, 0.4) is 0 Å². The van der Waals surface area contributed by atoms with Crippen LogP contribution in [0.5, 0.6) is 5.88 Å². The van der Waals surface area contributed by atoms with Gasteiger partial charge in [-0.15, -0.1) is 0 Å². The maximum atomic E-state index is 6.31. The van der Waals surface area contributed by atoms with Crippen LogP contribution in [0, 0.1) is 0 Å². The summed E-state index contributed by atoms with van der Waals surface area (Å²) in [6.45, 7) is 4.06. The summed E-state index contributed by atoms with van der Waals surface area (Å²) in [6.07, 6.45) is 3.27. The van der Waals surface area contributed by atoms with E-state index in [2.05, 4.69) is 10.1 Å². The van der Waals surface area contributed by atoms with Gasteiger partial charge in [-0.25, -0.2) is 4.98 Å². The smallest absolute Gasteiger partial charge is 0.218 e. The molecule has 19 heavy (non-hydrogen) atoms. The molecule has 1 unspecified atom stereocenters. The van der Waals surface area contributed by atoms with Crippen LogP contribution in [0.15, 0.2) is 24.5 Å². The lowest BCUT2D eigenvalue weighted by Crippen LogP contribution is -2.20. The Balaban J connectivity index is 2.50. The molecule has 102 valence electrons. The van der Waals surface area contributed by atoms with Crippen molar-refractivity contribution < 1.29 is 4.74 Å². The second-order valence-corrected chi connectivity index (χ2v) is 4.90. The molecule has 1 atom stereocenters. The molecule has 0 radical (unpaired) electrons. The highest BCUT2D eigenvalue weighted by Gasteiger charge is 2.23. The Hall–Kier alpha value is -1.59. The number of halogens is 1. The van der Waals surface area contributed by atoms with Gasteiger partial charge in [0.05, 0.1) is 30.1 Å². The van der Waals surface area contributed by atoms with Gasteiger partial charge in [0.1, 0.15) is 0 Å². The Labute approximate surface area is 117 Å². The van der Waals surface area contributed by atoms with Crippen LogP contribution in [-0.2, 0) is 0 Å². The van der Waals surface area contributed by atoms with E-state index in [9.17, 15) is 0 Å². The summed E-state index contributed by atoms with van der Waals surface area (Å²) in [6, 6.07) is 3.45. The largest absolute Gasteiger partial charge is 0.481 e. The van der Waals surface area contributed by atoms with Gasteiger partial charge >= 0.3 is 0 Å². The molecule has 0 aliphatic heterocycles. The fraction of sp³-hybridized carbons (Fsp3) is 0.385. The van der Waals surface area contributed by atoms with Gasteiger partial charge in [-0.05, 0) is 19.9 Å². The number of pyridine rings is 1. The quantitative estimate of drug-likeness (QED) is 0.935. The topological polar surface area (TPSA) is 66.0 Å². The van der Waals surface area contributed by atoms with Crippen molar-refractivity contribution in [2.24, 2.45) is 5.73 Å². The number of hydrogen-bond donors (Lipinski definition) is 1. The normalized spacial score (nSPS) is 12.7. The molecule has 2 N–H and O–H groups in total. The molecule has 5 nitrogen and oxygen atoms in total. The zero-order valence-electron chi connectivity index (χ0n) is 11.2. The Bertz CT molecular complexity index is 568. The number of hydrogen-bond acceptors (Lipinski definition) is 4. The van der Waals surface area contributed by atoms with Gasteiger partial charge in [-0.2, -0.15) is 5.10 Å². The van der Waals surface area contributed by atoms with Crippen LogP contribution in [0.2, 0.25) is 5.02 Å². The van der Waals surface area contributed by atoms with Crippen molar-refractivity contribution >= 4 is 11.6 Å². The number of nitrogens with zero attached hydrogens (tertiary/aromatic N) is 3. The predicted molar refractivity (Wildman–Crippen MR) is 74.4 cm³/mol. The first-order valence-electron chi connectivity index (χ1n) is 6.03. The van der Waals surface area contributed by atoms with E-state index in [-0.39, 0.29) is 6.04 Å². The predicted octanol–water partition coefficient (Wildman–Crippen LogP) is 2.57. The summed E-state index contributed by atoms with van der Waals surface area (Å²) in [7, 11) is 1.57. The van der Waals surface area contributed by atoms with Crippen LogP contribution in [0.25, 0.3) is 0 Å². The molecule has 0 amide bonds. The molecular formula is C13H17ClN4O. The standard InChI is InChI=1S/C13H17ClN4O/c1-8(2)18-12(10(14)7-17-18)11(15)9-5-4-6-16-13(9)19-3/h4-8,11H,15H2,1-3H3. The lowest BCUT2D eigenvalue weighted by molar-refractivity contribution is 0.389. The minimum Gasteiger partial charge on any atom is -0.481 e. The molecule has 2 aromatic heterocycles. The fourth-order valence-electron chi connectivity index (χ4n) is 2.01. The van der Waals surface area contributed by atoms with Gasteiger partial charge in [0.25, 0.3) is 0 Å². The zero-order chi connectivity index (χ0) is 14.0. The van der Waals surface area contributed by atoms with Crippen LogP contribution >= 0.6 is 11.6 Å². The van der Waals surface area contributed by atoms with Gasteiger partial charge < -0.3 is 10.5 Å². The Kier molecular flexibility index (Phi) is 4.07. The molecule has 6 heteroatoms. The lowest BCUT2D eigenvalue weighted by atomic mass is 10.1. The molecule has 2 aromatic rings. The summed E-state index contributed by atoms with van der Waals surface area (Å²) in [4.78, 5) is 4.16. The van der Waals surface area contributed by atoms with Crippen molar-refractivity contribution in [2.45, 2.75) is 25.9 Å². The number of aromatic nitrogens is 3. The van der Waals surface area contributed by atoms with E-state index in [1.165, 1.54) is 0 Å². The molecule has 0 aliphatic rings. The SMILES string of the molecule is COc1ncccc1C(N)c1c(Cl)cnn1C(C)C. The third-order valence-corrected chi connectivity index (χ3v) is 3.19. The molecule has 2 heterocycles. The monoisotopic (exact) mass is 280 g/mol. The molecular weight excluding hydrogens is 264 g/mol. The van der Waals surface area contributed by atoms with E-state index in [0.29, 0.717) is 10.9 Å². The second-order valence-electron chi connectivity index (χ2n) is 4.50. The van der Waals surface area contributed by atoms with Crippen molar-refractivity contribution in [3.63, 3.8) is 0 Å². The van der Waals surface area contributed by atoms with E-state index in [0.717, 1.165) is 11.3 Å². The van der Waals surface area contributed by atoms with Crippen molar-refractivity contribution in [2.75, 3.05) is 7.11 Å². The van der Waals surface area contributed by atoms with Crippen molar-refractivity contribution in [1.82, 2.24) is 14.8 Å². The van der Waals surface area contributed by atoms with Gasteiger partial charge in [-0.1, -0.05) is 17.7 Å². The minimum atomic E-state index is -0.430. The Morgan fingerprint density at radius 3 is 2.79 bits per heavy atom. The number of ether oxygens (including phenoxy) is 1. The molecule has 0 fully saturated rings. The van der Waals surface area contributed by atoms with Crippen LogP contribution in [0.1, 0.15) is 37.2 Å². The lowest BCUT2D eigenvalue weighted by Gasteiger charge is -2.18. The van der Waals surface area contributed by atoms with Gasteiger partial charge in [0.15, 0.2) is 0 Å². The molecule has 0 aromatic carbocycles. The van der Waals surface area contributed by atoms with Crippen molar-refractivity contribution in [3.8, 4) is 5.88 Å². The molecule has 0 spiro atoms. The number of rotatable bonds is 4. The Morgan fingerprint density at radius 2 is 2.16 bits per heavy atom.